The monoisotopic (exact) mass is 254 g/mol. The van der Waals surface area contributed by atoms with Crippen molar-refractivity contribution >= 4 is 0 Å². The van der Waals surface area contributed by atoms with E-state index in [-0.39, 0.29) is 0 Å². The molecule has 0 spiro atoms. The summed E-state index contributed by atoms with van der Waals surface area (Å²) < 4.78 is 5.71. The molecule has 1 aliphatic carbocycles. The van der Waals surface area contributed by atoms with Crippen LogP contribution in [0.3, 0.4) is 0 Å². The highest BCUT2D eigenvalue weighted by Crippen LogP contribution is 2.28. The molecule has 0 amide bonds. The molecule has 1 heterocycles. The molecule has 2 rings (SSSR count). The van der Waals surface area contributed by atoms with Crippen molar-refractivity contribution in [1.82, 2.24) is 5.43 Å². The third-order valence-electron chi connectivity index (χ3n) is 4.76. The van der Waals surface area contributed by atoms with E-state index in [2.05, 4.69) is 5.43 Å². The Bertz CT molecular complexity index is 209. The van der Waals surface area contributed by atoms with E-state index in [1.165, 1.54) is 70.6 Å². The van der Waals surface area contributed by atoms with E-state index in [0.717, 1.165) is 12.5 Å². The number of ether oxygens (including phenoxy) is 1. The lowest BCUT2D eigenvalue weighted by Gasteiger charge is -2.29. The van der Waals surface area contributed by atoms with Gasteiger partial charge in [-0.3, -0.25) is 11.3 Å². The number of nitrogens with one attached hydrogen (secondary N) is 1. The minimum Gasteiger partial charge on any atom is -0.378 e. The second-order valence-electron chi connectivity index (χ2n) is 6.09. The van der Waals surface area contributed by atoms with Crippen molar-refractivity contribution in [1.29, 1.82) is 0 Å². The standard InChI is InChI=1S/C15H30N2O/c16-17-15(11-10-14-9-6-12-18-14)13-7-4-2-1-3-5-8-13/h13-15,17H,1-12,16H2. The second kappa shape index (κ2) is 8.13. The Hall–Kier alpha value is -0.120. The van der Waals surface area contributed by atoms with Gasteiger partial charge in [-0.15, -0.1) is 0 Å². The van der Waals surface area contributed by atoms with Gasteiger partial charge in [-0.05, 0) is 44.4 Å². The maximum Gasteiger partial charge on any atom is 0.0576 e. The van der Waals surface area contributed by atoms with E-state index < -0.39 is 0 Å². The van der Waals surface area contributed by atoms with Crippen molar-refractivity contribution in [2.75, 3.05) is 6.61 Å². The molecular weight excluding hydrogens is 224 g/mol. The fourth-order valence-corrected chi connectivity index (χ4v) is 3.58. The van der Waals surface area contributed by atoms with Crippen molar-refractivity contribution in [3.05, 3.63) is 0 Å². The maximum absolute atomic E-state index is 5.79. The zero-order chi connectivity index (χ0) is 12.6. The lowest BCUT2D eigenvalue weighted by molar-refractivity contribution is 0.0960. The quantitative estimate of drug-likeness (QED) is 0.585. The van der Waals surface area contributed by atoms with Crippen LogP contribution in [-0.4, -0.2) is 18.8 Å². The first-order valence-electron chi connectivity index (χ1n) is 7.98. The summed E-state index contributed by atoms with van der Waals surface area (Å²) in [6.45, 7) is 0.967. The third kappa shape index (κ3) is 4.52. The summed E-state index contributed by atoms with van der Waals surface area (Å²) in [7, 11) is 0. The van der Waals surface area contributed by atoms with Crippen LogP contribution in [0, 0.1) is 5.92 Å². The molecule has 2 fully saturated rings. The summed E-state index contributed by atoms with van der Waals surface area (Å²) >= 11 is 0. The highest BCUT2D eigenvalue weighted by Gasteiger charge is 2.23. The number of hydrogen-bond donors (Lipinski definition) is 2. The van der Waals surface area contributed by atoms with E-state index in [1.807, 2.05) is 0 Å². The van der Waals surface area contributed by atoms with Crippen LogP contribution in [0.5, 0.6) is 0 Å². The summed E-state index contributed by atoms with van der Waals surface area (Å²) in [6, 6.07) is 0.507. The molecule has 1 aliphatic heterocycles. The molecule has 2 atom stereocenters. The fourth-order valence-electron chi connectivity index (χ4n) is 3.58. The lowest BCUT2D eigenvalue weighted by atomic mass is 9.84. The molecule has 0 aromatic carbocycles. The van der Waals surface area contributed by atoms with Crippen LogP contribution < -0.4 is 11.3 Å². The van der Waals surface area contributed by atoms with E-state index in [1.54, 1.807) is 0 Å². The van der Waals surface area contributed by atoms with E-state index >= 15 is 0 Å². The Labute approximate surface area is 112 Å². The summed E-state index contributed by atoms with van der Waals surface area (Å²) in [4.78, 5) is 0. The topological polar surface area (TPSA) is 47.3 Å². The Morgan fingerprint density at radius 1 is 1.00 bits per heavy atom. The SMILES string of the molecule is NNC(CCC1CCCO1)C1CCCCCCC1. The second-order valence-corrected chi connectivity index (χ2v) is 6.09. The van der Waals surface area contributed by atoms with Crippen molar-refractivity contribution in [2.45, 2.75) is 82.8 Å². The molecular formula is C15H30N2O. The van der Waals surface area contributed by atoms with E-state index in [0.29, 0.717) is 12.1 Å². The Kier molecular flexibility index (Phi) is 6.46. The maximum atomic E-state index is 5.79. The first-order chi connectivity index (χ1) is 8.90. The zero-order valence-electron chi connectivity index (χ0n) is 11.7. The summed E-state index contributed by atoms with van der Waals surface area (Å²) in [5, 5.41) is 0. The first-order valence-corrected chi connectivity index (χ1v) is 7.98. The van der Waals surface area contributed by atoms with Crippen molar-refractivity contribution < 1.29 is 4.74 Å². The Balaban J connectivity index is 1.74. The highest BCUT2D eigenvalue weighted by atomic mass is 16.5. The van der Waals surface area contributed by atoms with Gasteiger partial charge in [0.1, 0.15) is 0 Å². The number of hydrogen-bond acceptors (Lipinski definition) is 3. The molecule has 18 heavy (non-hydrogen) atoms. The van der Waals surface area contributed by atoms with Crippen LogP contribution in [0.4, 0.5) is 0 Å². The highest BCUT2D eigenvalue weighted by molar-refractivity contribution is 4.78. The van der Waals surface area contributed by atoms with Gasteiger partial charge >= 0.3 is 0 Å². The number of nitrogens with two attached hydrogens (primary N) is 1. The average molecular weight is 254 g/mol. The minimum absolute atomic E-state index is 0.507. The molecule has 3 heteroatoms. The van der Waals surface area contributed by atoms with Gasteiger partial charge in [0, 0.05) is 12.6 Å². The molecule has 2 unspecified atom stereocenters. The number of hydrazine groups is 1. The minimum atomic E-state index is 0.507. The van der Waals surface area contributed by atoms with Gasteiger partial charge in [0.05, 0.1) is 6.10 Å². The van der Waals surface area contributed by atoms with Crippen LogP contribution in [0.1, 0.15) is 70.6 Å². The predicted molar refractivity (Wildman–Crippen MR) is 75.1 cm³/mol. The summed E-state index contributed by atoms with van der Waals surface area (Å²) in [5.41, 5.74) is 3.09. The van der Waals surface area contributed by atoms with Gasteiger partial charge in [-0.1, -0.05) is 32.1 Å². The molecule has 0 bridgehead atoms. The normalized spacial score (nSPS) is 28.8. The smallest absolute Gasteiger partial charge is 0.0576 e. The van der Waals surface area contributed by atoms with Crippen LogP contribution in [-0.2, 0) is 4.74 Å². The molecule has 1 saturated carbocycles. The molecule has 0 radical (unpaired) electrons. The molecule has 3 N–H and O–H groups in total. The van der Waals surface area contributed by atoms with Gasteiger partial charge in [-0.2, -0.15) is 0 Å². The molecule has 106 valence electrons. The molecule has 0 aromatic heterocycles. The van der Waals surface area contributed by atoms with E-state index in [9.17, 15) is 0 Å². The van der Waals surface area contributed by atoms with Crippen LogP contribution in [0.2, 0.25) is 0 Å². The zero-order valence-corrected chi connectivity index (χ0v) is 11.7. The molecule has 1 saturated heterocycles. The van der Waals surface area contributed by atoms with Crippen LogP contribution >= 0.6 is 0 Å². The van der Waals surface area contributed by atoms with Gasteiger partial charge in [0.2, 0.25) is 0 Å². The first kappa shape index (κ1) is 14.3. The van der Waals surface area contributed by atoms with Crippen LogP contribution in [0.15, 0.2) is 0 Å². The average Bonchev–Trinajstić information content (AvgIpc) is 2.84. The fraction of sp³-hybridized carbons (Fsp3) is 1.00. The van der Waals surface area contributed by atoms with Crippen molar-refractivity contribution in [3.8, 4) is 0 Å². The van der Waals surface area contributed by atoms with Gasteiger partial charge < -0.3 is 4.74 Å². The largest absolute Gasteiger partial charge is 0.378 e. The summed E-state index contributed by atoms with van der Waals surface area (Å²) in [5.74, 6) is 6.58. The van der Waals surface area contributed by atoms with E-state index in [4.69, 9.17) is 10.6 Å². The molecule has 3 nitrogen and oxygen atoms in total. The molecule has 0 aromatic rings. The predicted octanol–water partition coefficient (Wildman–Crippen LogP) is 3.14. The Morgan fingerprint density at radius 3 is 2.33 bits per heavy atom. The van der Waals surface area contributed by atoms with Crippen molar-refractivity contribution in [2.24, 2.45) is 11.8 Å². The lowest BCUT2D eigenvalue weighted by Crippen LogP contribution is -2.41. The Morgan fingerprint density at radius 2 is 1.72 bits per heavy atom. The molecule has 2 aliphatic rings. The van der Waals surface area contributed by atoms with Gasteiger partial charge in [0.15, 0.2) is 0 Å². The van der Waals surface area contributed by atoms with Crippen molar-refractivity contribution in [3.63, 3.8) is 0 Å². The number of rotatable bonds is 5. The summed E-state index contributed by atoms with van der Waals surface area (Å²) in [6.07, 6.45) is 15.2. The van der Waals surface area contributed by atoms with Gasteiger partial charge in [-0.25, -0.2) is 0 Å². The van der Waals surface area contributed by atoms with Crippen LogP contribution in [0.25, 0.3) is 0 Å². The van der Waals surface area contributed by atoms with Gasteiger partial charge in [0.25, 0.3) is 0 Å². The third-order valence-corrected chi connectivity index (χ3v) is 4.76.